The summed E-state index contributed by atoms with van der Waals surface area (Å²) in [5.41, 5.74) is 4.32. The molecule has 1 atom stereocenters. The number of halogens is 3. The largest absolute Gasteiger partial charge is 0.306 e. The van der Waals surface area contributed by atoms with Gasteiger partial charge in [-0.25, -0.2) is 13.5 Å². The number of nitrogens with zero attached hydrogens (tertiary/aromatic N) is 4. The first-order valence-corrected chi connectivity index (χ1v) is 9.26. The fourth-order valence-electron chi connectivity index (χ4n) is 3.75. The summed E-state index contributed by atoms with van der Waals surface area (Å²) in [6.45, 7) is 2.54. The van der Waals surface area contributed by atoms with Crippen molar-refractivity contribution < 1.29 is 8.78 Å². The van der Waals surface area contributed by atoms with Crippen LogP contribution < -0.4 is 5.32 Å². The van der Waals surface area contributed by atoms with Gasteiger partial charge in [-0.05, 0) is 38.3 Å². The summed E-state index contributed by atoms with van der Waals surface area (Å²) in [5, 5.41) is 12.9. The monoisotopic (exact) mass is 391 g/mol. The third-order valence-electron chi connectivity index (χ3n) is 5.07. The third-order valence-corrected chi connectivity index (χ3v) is 5.54. The lowest BCUT2D eigenvalue weighted by Crippen LogP contribution is -2.25. The van der Waals surface area contributed by atoms with E-state index in [1.54, 1.807) is 15.6 Å². The van der Waals surface area contributed by atoms with Crippen LogP contribution >= 0.6 is 11.6 Å². The lowest BCUT2D eigenvalue weighted by molar-refractivity contribution is 0.454. The summed E-state index contributed by atoms with van der Waals surface area (Å²) >= 11 is 6.32. The van der Waals surface area contributed by atoms with E-state index in [9.17, 15) is 8.78 Å². The van der Waals surface area contributed by atoms with Crippen LogP contribution in [0.4, 0.5) is 8.78 Å². The van der Waals surface area contributed by atoms with Crippen LogP contribution in [0.25, 0.3) is 5.69 Å². The molecule has 1 aromatic carbocycles. The van der Waals surface area contributed by atoms with Gasteiger partial charge in [0.15, 0.2) is 0 Å². The molecule has 27 heavy (non-hydrogen) atoms. The van der Waals surface area contributed by atoms with E-state index in [2.05, 4.69) is 15.5 Å². The maximum absolute atomic E-state index is 13.6. The summed E-state index contributed by atoms with van der Waals surface area (Å²) in [5.74, 6) is -1.22. The maximum atomic E-state index is 13.6. The predicted molar refractivity (Wildman–Crippen MR) is 99.0 cm³/mol. The third kappa shape index (κ3) is 3.37. The maximum Gasteiger partial charge on any atom is 0.131 e. The minimum absolute atomic E-state index is 0.108. The van der Waals surface area contributed by atoms with E-state index >= 15 is 0 Å². The molecule has 2 aromatic heterocycles. The van der Waals surface area contributed by atoms with Gasteiger partial charge in [0.2, 0.25) is 0 Å². The molecule has 0 fully saturated rings. The SMILES string of the molecule is Cc1nn(C)c(Cl)c1CN[C@@H]1CCCc2c1cnn2-c1cc(F)cc(F)c1. The van der Waals surface area contributed by atoms with Crippen molar-refractivity contribution in [1.29, 1.82) is 0 Å². The first-order valence-electron chi connectivity index (χ1n) is 8.88. The molecule has 0 amide bonds. The van der Waals surface area contributed by atoms with Crippen molar-refractivity contribution >= 4 is 11.6 Å². The van der Waals surface area contributed by atoms with Crippen molar-refractivity contribution in [2.75, 3.05) is 0 Å². The Balaban J connectivity index is 1.60. The highest BCUT2D eigenvalue weighted by Crippen LogP contribution is 2.32. The Morgan fingerprint density at radius 3 is 2.67 bits per heavy atom. The van der Waals surface area contributed by atoms with Crippen molar-refractivity contribution in [2.45, 2.75) is 38.8 Å². The highest BCUT2D eigenvalue weighted by atomic mass is 35.5. The quantitative estimate of drug-likeness (QED) is 0.731. The molecule has 2 heterocycles. The fourth-order valence-corrected chi connectivity index (χ4v) is 3.99. The number of hydrogen-bond donors (Lipinski definition) is 1. The lowest BCUT2D eigenvalue weighted by Gasteiger charge is -2.24. The van der Waals surface area contributed by atoms with Crippen molar-refractivity contribution in [3.8, 4) is 5.69 Å². The van der Waals surface area contributed by atoms with E-state index in [4.69, 9.17) is 11.6 Å². The Morgan fingerprint density at radius 2 is 2.00 bits per heavy atom. The molecule has 142 valence electrons. The molecule has 1 aliphatic rings. The molecule has 0 aliphatic heterocycles. The Kier molecular flexibility index (Phi) is 4.74. The van der Waals surface area contributed by atoms with Crippen molar-refractivity contribution in [2.24, 2.45) is 7.05 Å². The average molecular weight is 392 g/mol. The number of fused-ring (bicyclic) bond motifs is 1. The second kappa shape index (κ2) is 7.05. The Hall–Kier alpha value is -2.25. The second-order valence-electron chi connectivity index (χ2n) is 6.89. The van der Waals surface area contributed by atoms with Crippen LogP contribution in [0.3, 0.4) is 0 Å². The van der Waals surface area contributed by atoms with Gasteiger partial charge in [0.1, 0.15) is 16.8 Å². The average Bonchev–Trinajstić information content (AvgIpc) is 3.14. The molecule has 0 saturated carbocycles. The van der Waals surface area contributed by atoms with E-state index in [1.165, 1.54) is 12.1 Å². The molecule has 1 aliphatic carbocycles. The summed E-state index contributed by atoms with van der Waals surface area (Å²) in [6, 6.07) is 3.57. The first-order chi connectivity index (χ1) is 12.9. The molecule has 0 unspecified atom stereocenters. The standard InChI is InChI=1S/C19H20ClF2N5/c1-11-15(19(20)26(2)25-11)9-23-17-4-3-5-18-16(17)10-24-27(18)14-7-12(21)6-13(22)8-14/h6-8,10,17,23H,3-5,9H2,1-2H3/t17-/m1/s1. The Bertz CT molecular complexity index is 974. The van der Waals surface area contributed by atoms with Gasteiger partial charge in [0.05, 0.1) is 17.6 Å². The smallest absolute Gasteiger partial charge is 0.131 e. The zero-order chi connectivity index (χ0) is 19.1. The first kappa shape index (κ1) is 18.1. The van der Waals surface area contributed by atoms with E-state index in [-0.39, 0.29) is 6.04 Å². The van der Waals surface area contributed by atoms with Crippen molar-refractivity contribution in [3.05, 3.63) is 63.7 Å². The summed E-state index contributed by atoms with van der Waals surface area (Å²) in [6.07, 6.45) is 4.53. The van der Waals surface area contributed by atoms with Gasteiger partial charge in [-0.3, -0.25) is 4.68 Å². The number of rotatable bonds is 4. The van der Waals surface area contributed by atoms with Crippen LogP contribution in [0, 0.1) is 18.6 Å². The van der Waals surface area contributed by atoms with Gasteiger partial charge in [0, 0.05) is 42.5 Å². The van der Waals surface area contributed by atoms with Gasteiger partial charge >= 0.3 is 0 Å². The van der Waals surface area contributed by atoms with Crippen LogP contribution in [0.2, 0.25) is 5.15 Å². The molecule has 0 bridgehead atoms. The van der Waals surface area contributed by atoms with Gasteiger partial charge in [0.25, 0.3) is 0 Å². The van der Waals surface area contributed by atoms with Crippen LogP contribution in [-0.4, -0.2) is 19.6 Å². The summed E-state index contributed by atoms with van der Waals surface area (Å²) in [7, 11) is 1.82. The summed E-state index contributed by atoms with van der Waals surface area (Å²) < 4.78 is 30.5. The molecular formula is C19H20ClF2N5. The number of aryl methyl sites for hydroxylation is 2. The predicted octanol–water partition coefficient (Wildman–Crippen LogP) is 4.01. The molecule has 0 saturated heterocycles. The molecule has 3 aromatic rings. The molecule has 0 spiro atoms. The van der Waals surface area contributed by atoms with Crippen LogP contribution in [0.5, 0.6) is 0 Å². The van der Waals surface area contributed by atoms with Gasteiger partial charge in [-0.1, -0.05) is 11.6 Å². The van der Waals surface area contributed by atoms with E-state index < -0.39 is 11.6 Å². The van der Waals surface area contributed by atoms with Crippen molar-refractivity contribution in [3.63, 3.8) is 0 Å². The van der Waals surface area contributed by atoms with Crippen molar-refractivity contribution in [1.82, 2.24) is 24.9 Å². The molecule has 1 N–H and O–H groups in total. The molecule has 4 rings (SSSR count). The Labute approximate surface area is 160 Å². The minimum atomic E-state index is -0.610. The second-order valence-corrected chi connectivity index (χ2v) is 7.25. The topological polar surface area (TPSA) is 47.7 Å². The lowest BCUT2D eigenvalue weighted by atomic mass is 9.92. The number of nitrogens with one attached hydrogen (secondary N) is 1. The molecule has 5 nitrogen and oxygen atoms in total. The van der Waals surface area contributed by atoms with Gasteiger partial charge in [-0.15, -0.1) is 0 Å². The van der Waals surface area contributed by atoms with E-state index in [0.717, 1.165) is 47.8 Å². The fraction of sp³-hybridized carbons (Fsp3) is 0.368. The number of hydrogen-bond acceptors (Lipinski definition) is 3. The van der Waals surface area contributed by atoms with Crippen LogP contribution in [0.1, 0.15) is 41.4 Å². The Morgan fingerprint density at radius 1 is 1.26 bits per heavy atom. The molecule has 0 radical (unpaired) electrons. The van der Waals surface area contributed by atoms with Gasteiger partial charge in [-0.2, -0.15) is 10.2 Å². The number of aromatic nitrogens is 4. The van der Waals surface area contributed by atoms with Crippen LogP contribution in [-0.2, 0) is 20.0 Å². The van der Waals surface area contributed by atoms with E-state index in [0.29, 0.717) is 17.4 Å². The van der Waals surface area contributed by atoms with Gasteiger partial charge < -0.3 is 5.32 Å². The zero-order valence-electron chi connectivity index (χ0n) is 15.1. The number of benzene rings is 1. The van der Waals surface area contributed by atoms with E-state index in [1.807, 2.05) is 14.0 Å². The molecular weight excluding hydrogens is 372 g/mol. The minimum Gasteiger partial charge on any atom is -0.306 e. The highest BCUT2D eigenvalue weighted by molar-refractivity contribution is 6.30. The van der Waals surface area contributed by atoms with Crippen LogP contribution in [0.15, 0.2) is 24.4 Å². The normalized spacial score (nSPS) is 16.6. The highest BCUT2D eigenvalue weighted by Gasteiger charge is 2.25. The molecule has 8 heteroatoms. The summed E-state index contributed by atoms with van der Waals surface area (Å²) in [4.78, 5) is 0. The zero-order valence-corrected chi connectivity index (χ0v) is 15.9.